The Morgan fingerprint density at radius 3 is 2.59 bits per heavy atom. The van der Waals surface area contributed by atoms with Crippen molar-refractivity contribution in [1.29, 1.82) is 0 Å². The van der Waals surface area contributed by atoms with Crippen molar-refractivity contribution in [3.63, 3.8) is 0 Å². The van der Waals surface area contributed by atoms with Crippen LogP contribution in [0.2, 0.25) is 0 Å². The van der Waals surface area contributed by atoms with Gasteiger partial charge in [-0.05, 0) is 63.7 Å². The van der Waals surface area contributed by atoms with E-state index in [0.717, 1.165) is 18.8 Å². The molecule has 3 aliphatic carbocycles. The average Bonchev–Trinajstić information content (AvgIpc) is 2.56. The molecular formula is C17H27NO4. The highest BCUT2D eigenvalue weighted by Gasteiger charge is 2.66. The Bertz CT molecular complexity index is 476. The summed E-state index contributed by atoms with van der Waals surface area (Å²) in [5, 5.41) is 12.2. The number of amides is 1. The number of fused-ring (bicyclic) bond motifs is 1. The van der Waals surface area contributed by atoms with Gasteiger partial charge in [0.1, 0.15) is 5.60 Å². The highest BCUT2D eigenvalue weighted by Crippen LogP contribution is 2.70. The molecule has 124 valence electrons. The maximum Gasteiger partial charge on any atom is 0.407 e. The SMILES string of the molecule is CC(C)(C)OC(=O)NC[C@]1(CC(=O)O)[C@@H]2CC[C@H]3C[C@@H]2[C@@H]1C3. The van der Waals surface area contributed by atoms with Crippen LogP contribution in [0.1, 0.15) is 52.9 Å². The highest BCUT2D eigenvalue weighted by atomic mass is 16.6. The molecule has 5 atom stereocenters. The van der Waals surface area contributed by atoms with Crippen molar-refractivity contribution >= 4 is 12.1 Å². The number of nitrogens with one attached hydrogen (secondary N) is 1. The van der Waals surface area contributed by atoms with E-state index in [9.17, 15) is 14.7 Å². The van der Waals surface area contributed by atoms with Crippen LogP contribution in [0, 0.1) is 29.1 Å². The van der Waals surface area contributed by atoms with Gasteiger partial charge in [0.2, 0.25) is 0 Å². The van der Waals surface area contributed by atoms with Crippen molar-refractivity contribution in [2.75, 3.05) is 6.54 Å². The third-order valence-electron chi connectivity index (χ3n) is 6.03. The van der Waals surface area contributed by atoms with Crippen LogP contribution >= 0.6 is 0 Å². The molecule has 3 aliphatic rings. The molecule has 0 aromatic carbocycles. The predicted molar refractivity (Wildman–Crippen MR) is 81.4 cm³/mol. The number of ether oxygens (including phenoxy) is 1. The van der Waals surface area contributed by atoms with Crippen molar-refractivity contribution in [1.82, 2.24) is 5.32 Å². The van der Waals surface area contributed by atoms with Crippen LogP contribution < -0.4 is 5.32 Å². The van der Waals surface area contributed by atoms with Gasteiger partial charge in [0, 0.05) is 12.0 Å². The first-order valence-electron chi connectivity index (χ1n) is 8.40. The lowest BCUT2D eigenvalue weighted by Crippen LogP contribution is -2.60. The third kappa shape index (κ3) is 2.59. The molecular weight excluding hydrogens is 282 g/mol. The zero-order valence-electron chi connectivity index (χ0n) is 13.7. The topological polar surface area (TPSA) is 75.6 Å². The Kier molecular flexibility index (Phi) is 3.65. The molecule has 0 saturated heterocycles. The van der Waals surface area contributed by atoms with Crippen molar-refractivity contribution in [2.45, 2.75) is 58.5 Å². The van der Waals surface area contributed by atoms with Crippen LogP contribution in [0.3, 0.4) is 0 Å². The van der Waals surface area contributed by atoms with Gasteiger partial charge in [-0.3, -0.25) is 4.79 Å². The van der Waals surface area contributed by atoms with E-state index in [-0.39, 0.29) is 11.8 Å². The molecule has 0 unspecified atom stereocenters. The number of carbonyl (C=O) groups is 2. The van der Waals surface area contributed by atoms with Crippen LogP contribution in [-0.2, 0) is 9.53 Å². The summed E-state index contributed by atoms with van der Waals surface area (Å²) in [7, 11) is 0. The van der Waals surface area contributed by atoms with Crippen LogP contribution in [0.25, 0.3) is 0 Å². The number of alkyl carbamates (subject to hydrolysis) is 1. The van der Waals surface area contributed by atoms with Crippen LogP contribution in [0.4, 0.5) is 4.79 Å². The number of carboxylic acids is 1. The maximum atomic E-state index is 11.9. The van der Waals surface area contributed by atoms with Gasteiger partial charge in [-0.15, -0.1) is 0 Å². The number of hydrogen-bond acceptors (Lipinski definition) is 3. The predicted octanol–water partition coefficient (Wildman–Crippen LogP) is 3.04. The molecule has 3 saturated carbocycles. The van der Waals surface area contributed by atoms with E-state index in [2.05, 4.69) is 5.32 Å². The molecule has 3 rings (SSSR count). The van der Waals surface area contributed by atoms with Gasteiger partial charge in [0.15, 0.2) is 0 Å². The van der Waals surface area contributed by atoms with Gasteiger partial charge in [0.25, 0.3) is 0 Å². The van der Waals surface area contributed by atoms with Crippen molar-refractivity contribution in [2.24, 2.45) is 29.1 Å². The van der Waals surface area contributed by atoms with E-state index in [0.29, 0.717) is 24.3 Å². The summed E-state index contributed by atoms with van der Waals surface area (Å²) in [6.45, 7) is 5.93. The third-order valence-corrected chi connectivity index (χ3v) is 6.03. The number of carbonyl (C=O) groups excluding carboxylic acids is 1. The molecule has 2 N–H and O–H groups in total. The summed E-state index contributed by atoms with van der Waals surface area (Å²) in [4.78, 5) is 23.3. The van der Waals surface area contributed by atoms with Gasteiger partial charge in [0.05, 0.1) is 6.42 Å². The minimum absolute atomic E-state index is 0.168. The molecule has 5 heteroatoms. The normalized spacial score (nSPS) is 39.0. The minimum atomic E-state index is -0.750. The zero-order valence-corrected chi connectivity index (χ0v) is 13.7. The number of hydrogen-bond donors (Lipinski definition) is 2. The largest absolute Gasteiger partial charge is 0.481 e. The number of rotatable bonds is 4. The molecule has 0 aromatic rings. The Hall–Kier alpha value is -1.26. The fraction of sp³-hybridized carbons (Fsp3) is 0.882. The first-order valence-corrected chi connectivity index (χ1v) is 8.40. The second-order valence-corrected chi connectivity index (χ2v) is 8.45. The Balaban J connectivity index is 1.69. The van der Waals surface area contributed by atoms with E-state index >= 15 is 0 Å². The summed E-state index contributed by atoms with van der Waals surface area (Å²) in [6, 6.07) is 0. The second-order valence-electron chi connectivity index (χ2n) is 8.45. The first-order chi connectivity index (χ1) is 10.2. The van der Waals surface area contributed by atoms with Crippen molar-refractivity contribution < 1.29 is 19.4 Å². The van der Waals surface area contributed by atoms with E-state index in [1.165, 1.54) is 12.8 Å². The summed E-state index contributed by atoms with van der Waals surface area (Å²) < 4.78 is 5.30. The zero-order chi connectivity index (χ0) is 16.1. The number of aliphatic carboxylic acids is 1. The van der Waals surface area contributed by atoms with Crippen LogP contribution in [0.15, 0.2) is 0 Å². The minimum Gasteiger partial charge on any atom is -0.481 e. The van der Waals surface area contributed by atoms with Crippen LogP contribution in [-0.4, -0.2) is 29.3 Å². The molecule has 0 aromatic heterocycles. The quantitative estimate of drug-likeness (QED) is 0.837. The Morgan fingerprint density at radius 1 is 1.23 bits per heavy atom. The summed E-state index contributed by atoms with van der Waals surface area (Å²) in [6.07, 6.45) is 4.49. The fourth-order valence-electron chi connectivity index (χ4n) is 5.44. The molecule has 0 spiro atoms. The van der Waals surface area contributed by atoms with Crippen LogP contribution in [0.5, 0.6) is 0 Å². The lowest BCUT2D eigenvalue weighted by atomic mass is 9.45. The fourth-order valence-corrected chi connectivity index (χ4v) is 5.44. The van der Waals surface area contributed by atoms with Gasteiger partial charge < -0.3 is 15.2 Å². The Labute approximate surface area is 131 Å². The summed E-state index contributed by atoms with van der Waals surface area (Å²) in [5.74, 6) is 1.65. The summed E-state index contributed by atoms with van der Waals surface area (Å²) >= 11 is 0. The molecule has 3 fully saturated rings. The van der Waals surface area contributed by atoms with Crippen molar-refractivity contribution in [3.8, 4) is 0 Å². The lowest BCUT2D eigenvalue weighted by molar-refractivity contribution is -0.157. The molecule has 0 heterocycles. The van der Waals surface area contributed by atoms with E-state index in [1.54, 1.807) is 0 Å². The van der Waals surface area contributed by atoms with E-state index < -0.39 is 17.7 Å². The van der Waals surface area contributed by atoms with E-state index in [4.69, 9.17) is 4.74 Å². The smallest absolute Gasteiger partial charge is 0.407 e. The van der Waals surface area contributed by atoms with Crippen molar-refractivity contribution in [3.05, 3.63) is 0 Å². The standard InChI is InChI=1S/C17H27NO4/c1-16(2,3)22-15(21)18-9-17(8-14(19)20)12-5-4-10-6-11(12)13(17)7-10/h10-13H,4-9H2,1-3H3,(H,18,21)(H,19,20)/t10-,11-,12+,13-,17+/m0/s1. The molecule has 5 nitrogen and oxygen atoms in total. The second kappa shape index (κ2) is 5.14. The van der Waals surface area contributed by atoms with Gasteiger partial charge in [-0.25, -0.2) is 4.79 Å². The first kappa shape index (κ1) is 15.6. The lowest BCUT2D eigenvalue weighted by Gasteiger charge is -2.59. The molecule has 1 amide bonds. The van der Waals surface area contributed by atoms with Gasteiger partial charge in [-0.2, -0.15) is 0 Å². The Morgan fingerprint density at radius 2 is 1.95 bits per heavy atom. The monoisotopic (exact) mass is 309 g/mol. The average molecular weight is 309 g/mol. The molecule has 2 bridgehead atoms. The molecule has 22 heavy (non-hydrogen) atoms. The molecule has 0 radical (unpaired) electrons. The van der Waals surface area contributed by atoms with E-state index in [1.807, 2.05) is 20.8 Å². The van der Waals surface area contributed by atoms with Gasteiger partial charge in [-0.1, -0.05) is 6.42 Å². The maximum absolute atomic E-state index is 11.9. The highest BCUT2D eigenvalue weighted by molar-refractivity contribution is 5.70. The summed E-state index contributed by atoms with van der Waals surface area (Å²) in [5.41, 5.74) is -0.781. The van der Waals surface area contributed by atoms with Gasteiger partial charge >= 0.3 is 12.1 Å². The number of carboxylic acid groups (broad SMARTS) is 1. The molecule has 0 aliphatic heterocycles.